The van der Waals surface area contributed by atoms with E-state index in [0.717, 1.165) is 0 Å². The molecule has 0 saturated carbocycles. The highest BCUT2D eigenvalue weighted by atomic mass is 79.9. The maximum atomic E-state index is 8.68. The van der Waals surface area contributed by atoms with Crippen LogP contribution in [0.25, 0.3) is 0 Å². The Morgan fingerprint density at radius 1 is 1.50 bits per heavy atom. The maximum absolute atomic E-state index is 8.68. The molecule has 0 aliphatic heterocycles. The molecule has 2 nitrogen and oxygen atoms in total. The van der Waals surface area contributed by atoms with Crippen molar-refractivity contribution in [2.45, 2.75) is 0 Å². The third kappa shape index (κ3) is 2.69. The Hall–Kier alpha value is 0.460. The molecule has 0 bridgehead atoms. The first-order valence-electron chi connectivity index (χ1n) is 1.95. The first-order chi connectivity index (χ1) is 3.72. The minimum Gasteiger partial charge on any atom is -0.509 e. The molecule has 0 spiro atoms. The summed E-state index contributed by atoms with van der Waals surface area (Å²) in [4.78, 5) is 0. The van der Waals surface area contributed by atoms with Gasteiger partial charge < -0.3 is 10.2 Å². The predicted molar refractivity (Wildman–Crippen MR) is 39.5 cm³/mol. The summed E-state index contributed by atoms with van der Waals surface area (Å²) >= 11 is 6.11. The molecule has 0 heterocycles. The molecule has 0 unspecified atom stereocenters. The summed E-state index contributed by atoms with van der Waals surface area (Å²) < 4.78 is 0.583. The van der Waals surface area contributed by atoms with E-state index in [2.05, 4.69) is 31.9 Å². The molecule has 4 heteroatoms. The second kappa shape index (κ2) is 4.35. The zero-order valence-corrected chi connectivity index (χ0v) is 7.24. The molecule has 0 fully saturated rings. The predicted octanol–water partition coefficient (Wildman–Crippen LogP) is 1.54. The van der Waals surface area contributed by atoms with Crippen molar-refractivity contribution in [1.29, 1.82) is 0 Å². The third-order valence-electron chi connectivity index (χ3n) is 0.580. The van der Waals surface area contributed by atoms with Gasteiger partial charge in [-0.05, 0) is 0 Å². The number of aliphatic hydroxyl groups excluding tert-OH is 2. The van der Waals surface area contributed by atoms with Crippen LogP contribution in [0.15, 0.2) is 10.2 Å². The first kappa shape index (κ1) is 8.46. The molecule has 8 heavy (non-hydrogen) atoms. The molecule has 0 atom stereocenters. The van der Waals surface area contributed by atoms with Crippen LogP contribution in [0.4, 0.5) is 0 Å². The van der Waals surface area contributed by atoms with Crippen molar-refractivity contribution in [3.63, 3.8) is 0 Å². The minimum absolute atomic E-state index is 0.0260. The van der Waals surface area contributed by atoms with Gasteiger partial charge in [-0.1, -0.05) is 31.9 Å². The van der Waals surface area contributed by atoms with E-state index in [9.17, 15) is 0 Å². The molecular formula is C4H6Br2O2. The second-order valence-corrected chi connectivity index (χ2v) is 2.66. The normalized spacial score (nSPS) is 13.4. The van der Waals surface area contributed by atoms with Crippen molar-refractivity contribution in [1.82, 2.24) is 0 Å². The number of allylic oxidation sites excluding steroid dienone is 1. The molecule has 2 N–H and O–H groups in total. The summed E-state index contributed by atoms with van der Waals surface area (Å²) in [6, 6.07) is 0. The van der Waals surface area contributed by atoms with E-state index in [0.29, 0.717) is 9.81 Å². The highest BCUT2D eigenvalue weighted by molar-refractivity contribution is 9.13. The fourth-order valence-electron chi connectivity index (χ4n) is 0.163. The van der Waals surface area contributed by atoms with Crippen LogP contribution in [0.1, 0.15) is 0 Å². The van der Waals surface area contributed by atoms with Gasteiger partial charge in [-0.25, -0.2) is 0 Å². The van der Waals surface area contributed by atoms with Crippen LogP contribution in [-0.2, 0) is 0 Å². The molecular weight excluding hydrogens is 240 g/mol. The fraction of sp³-hybridized carbons (Fsp3) is 0.500. The lowest BCUT2D eigenvalue weighted by atomic mass is 10.5. The Labute approximate surface area is 64.5 Å². The Morgan fingerprint density at radius 2 is 2.00 bits per heavy atom. The number of alkyl halides is 1. The standard InChI is InChI=1S/C4H6Br2O2/c5-1-3(6)4(8)2-7/h7-8H,1-2H2/b4-3+. The van der Waals surface area contributed by atoms with E-state index in [1.807, 2.05) is 0 Å². The molecule has 0 radical (unpaired) electrons. The third-order valence-corrected chi connectivity index (χ3v) is 2.63. The Bertz CT molecular complexity index is 88.2. The minimum atomic E-state index is -0.313. The number of halogens is 2. The molecule has 0 rings (SSSR count). The van der Waals surface area contributed by atoms with E-state index < -0.39 is 0 Å². The highest BCUT2D eigenvalue weighted by Crippen LogP contribution is 2.11. The van der Waals surface area contributed by atoms with Gasteiger partial charge in [0, 0.05) is 9.81 Å². The molecule has 0 aliphatic carbocycles. The monoisotopic (exact) mass is 244 g/mol. The fourth-order valence-corrected chi connectivity index (χ4v) is 0.612. The first-order valence-corrected chi connectivity index (χ1v) is 3.87. The molecule has 0 saturated heterocycles. The average Bonchev–Trinajstić information content (AvgIpc) is 1.84. The Kier molecular flexibility index (Phi) is 4.60. The molecule has 0 amide bonds. The van der Waals surface area contributed by atoms with Crippen LogP contribution >= 0.6 is 31.9 Å². The lowest BCUT2D eigenvalue weighted by Gasteiger charge is -1.94. The van der Waals surface area contributed by atoms with Crippen molar-refractivity contribution >= 4 is 31.9 Å². The van der Waals surface area contributed by atoms with Crippen molar-refractivity contribution < 1.29 is 10.2 Å². The molecule has 0 aliphatic rings. The number of hydrogen-bond donors (Lipinski definition) is 2. The van der Waals surface area contributed by atoms with E-state index in [1.54, 1.807) is 0 Å². The summed E-state index contributed by atoms with van der Waals surface area (Å²) in [6.07, 6.45) is 0. The zero-order chi connectivity index (χ0) is 6.57. The summed E-state index contributed by atoms with van der Waals surface area (Å²) in [5.41, 5.74) is 0. The van der Waals surface area contributed by atoms with E-state index in [4.69, 9.17) is 10.2 Å². The van der Waals surface area contributed by atoms with Crippen molar-refractivity contribution in [3.05, 3.63) is 10.2 Å². The van der Waals surface area contributed by atoms with Crippen LogP contribution in [0, 0.1) is 0 Å². The van der Waals surface area contributed by atoms with Gasteiger partial charge in [0.2, 0.25) is 0 Å². The largest absolute Gasteiger partial charge is 0.509 e. The lowest BCUT2D eigenvalue weighted by Crippen LogP contribution is -1.91. The molecule has 48 valence electrons. The number of aliphatic hydroxyl groups is 2. The molecule has 0 aromatic rings. The van der Waals surface area contributed by atoms with Gasteiger partial charge in [-0.3, -0.25) is 0 Å². The molecule has 0 aromatic carbocycles. The van der Waals surface area contributed by atoms with Gasteiger partial charge in [0.05, 0.1) is 0 Å². The van der Waals surface area contributed by atoms with E-state index in [1.165, 1.54) is 0 Å². The number of rotatable bonds is 2. The Morgan fingerprint density at radius 3 is 2.12 bits per heavy atom. The maximum Gasteiger partial charge on any atom is 0.129 e. The van der Waals surface area contributed by atoms with Crippen LogP contribution in [0.5, 0.6) is 0 Å². The zero-order valence-electron chi connectivity index (χ0n) is 4.06. The van der Waals surface area contributed by atoms with Gasteiger partial charge in [-0.2, -0.15) is 0 Å². The van der Waals surface area contributed by atoms with Crippen LogP contribution < -0.4 is 0 Å². The quantitative estimate of drug-likeness (QED) is 0.573. The summed E-state index contributed by atoms with van der Waals surface area (Å²) in [7, 11) is 0. The van der Waals surface area contributed by atoms with Gasteiger partial charge in [0.25, 0.3) is 0 Å². The van der Waals surface area contributed by atoms with Gasteiger partial charge in [-0.15, -0.1) is 0 Å². The lowest BCUT2D eigenvalue weighted by molar-refractivity contribution is 0.252. The average molecular weight is 246 g/mol. The van der Waals surface area contributed by atoms with Crippen molar-refractivity contribution in [2.24, 2.45) is 0 Å². The van der Waals surface area contributed by atoms with Gasteiger partial charge >= 0.3 is 0 Å². The number of hydrogen-bond acceptors (Lipinski definition) is 2. The van der Waals surface area contributed by atoms with Gasteiger partial charge in [0.15, 0.2) is 0 Å². The van der Waals surface area contributed by atoms with Crippen LogP contribution in [0.3, 0.4) is 0 Å². The van der Waals surface area contributed by atoms with Crippen LogP contribution in [-0.4, -0.2) is 22.2 Å². The summed E-state index contributed by atoms with van der Waals surface area (Å²) in [6.45, 7) is -0.313. The second-order valence-electron chi connectivity index (χ2n) is 1.14. The van der Waals surface area contributed by atoms with E-state index >= 15 is 0 Å². The van der Waals surface area contributed by atoms with Crippen molar-refractivity contribution in [2.75, 3.05) is 11.9 Å². The van der Waals surface area contributed by atoms with Gasteiger partial charge in [0.1, 0.15) is 12.4 Å². The summed E-state index contributed by atoms with van der Waals surface area (Å²) in [5.74, 6) is -0.0260. The SMILES string of the molecule is OC/C(O)=C(\Br)CBr. The molecule has 0 aromatic heterocycles. The van der Waals surface area contributed by atoms with E-state index in [-0.39, 0.29) is 12.4 Å². The smallest absolute Gasteiger partial charge is 0.129 e. The highest BCUT2D eigenvalue weighted by Gasteiger charge is 1.95. The van der Waals surface area contributed by atoms with Crippen LogP contribution in [0.2, 0.25) is 0 Å². The van der Waals surface area contributed by atoms with Crippen molar-refractivity contribution in [3.8, 4) is 0 Å². The Balaban J connectivity index is 3.83. The topological polar surface area (TPSA) is 40.5 Å². The summed E-state index contributed by atoms with van der Waals surface area (Å²) in [5, 5.41) is 17.5.